The highest BCUT2D eigenvalue weighted by atomic mass is 32.2. The van der Waals surface area contributed by atoms with Crippen LogP contribution in [0.4, 0.5) is 10.5 Å². The lowest BCUT2D eigenvalue weighted by Crippen LogP contribution is -2.19. The molecule has 3 amide bonds. The lowest BCUT2D eigenvalue weighted by atomic mass is 10.2. The topological polar surface area (TPSA) is 124 Å². The van der Waals surface area contributed by atoms with Crippen LogP contribution in [-0.2, 0) is 22.7 Å². The van der Waals surface area contributed by atoms with Gasteiger partial charge in [-0.15, -0.1) is 5.10 Å². The first-order valence-electron chi connectivity index (χ1n) is 9.79. The number of hydrogen-bond acceptors (Lipinski definition) is 8. The standard InChI is InChI=1S/C22H19N5O5S/c1-31-17-8-4-15(5-9-17)23-20(28)12-27-11-16(25-26-27)13-32-18-6-2-14(3-7-18)10-19-21(29)24-22(30)33-19/h2-11H,12-13H2,1H3,(H,23,28)(H,24,29,30). The Morgan fingerprint density at radius 2 is 1.85 bits per heavy atom. The van der Waals surface area contributed by atoms with Crippen molar-refractivity contribution in [3.63, 3.8) is 0 Å². The number of benzene rings is 2. The van der Waals surface area contributed by atoms with Crippen LogP contribution in [0.25, 0.3) is 6.08 Å². The van der Waals surface area contributed by atoms with Crippen LogP contribution in [-0.4, -0.2) is 39.2 Å². The predicted molar refractivity (Wildman–Crippen MR) is 122 cm³/mol. The van der Waals surface area contributed by atoms with Crippen LogP contribution in [0.5, 0.6) is 11.5 Å². The molecule has 2 N–H and O–H groups in total. The van der Waals surface area contributed by atoms with Gasteiger partial charge in [-0.05, 0) is 59.8 Å². The second-order valence-electron chi connectivity index (χ2n) is 6.89. The molecule has 0 atom stereocenters. The van der Waals surface area contributed by atoms with E-state index in [-0.39, 0.29) is 24.3 Å². The van der Waals surface area contributed by atoms with E-state index in [1.54, 1.807) is 67.9 Å². The van der Waals surface area contributed by atoms with Gasteiger partial charge >= 0.3 is 0 Å². The molecule has 4 rings (SSSR count). The van der Waals surface area contributed by atoms with Gasteiger partial charge in [0.05, 0.1) is 18.2 Å². The molecule has 0 saturated carbocycles. The Balaban J connectivity index is 1.27. The van der Waals surface area contributed by atoms with Gasteiger partial charge in [0.15, 0.2) is 0 Å². The van der Waals surface area contributed by atoms with Crippen molar-refractivity contribution in [1.82, 2.24) is 20.3 Å². The minimum Gasteiger partial charge on any atom is -0.497 e. The maximum atomic E-state index is 12.2. The number of thioether (sulfide) groups is 1. The van der Waals surface area contributed by atoms with E-state index in [2.05, 4.69) is 20.9 Å². The fourth-order valence-corrected chi connectivity index (χ4v) is 3.58. The monoisotopic (exact) mass is 465 g/mol. The minimum atomic E-state index is -0.397. The average Bonchev–Trinajstić information content (AvgIpc) is 3.38. The van der Waals surface area contributed by atoms with E-state index in [4.69, 9.17) is 9.47 Å². The first-order chi connectivity index (χ1) is 16.0. The molecule has 1 saturated heterocycles. The molecule has 2 aromatic carbocycles. The van der Waals surface area contributed by atoms with E-state index in [0.29, 0.717) is 27.8 Å². The second kappa shape index (κ2) is 10.0. The zero-order valence-electron chi connectivity index (χ0n) is 17.5. The summed E-state index contributed by atoms with van der Waals surface area (Å²) < 4.78 is 12.2. The number of amides is 3. The van der Waals surface area contributed by atoms with Crippen LogP contribution < -0.4 is 20.1 Å². The van der Waals surface area contributed by atoms with Gasteiger partial charge in [-0.3, -0.25) is 19.7 Å². The highest BCUT2D eigenvalue weighted by Crippen LogP contribution is 2.26. The molecule has 0 spiro atoms. The average molecular weight is 465 g/mol. The minimum absolute atomic E-state index is 0.0104. The smallest absolute Gasteiger partial charge is 0.290 e. The highest BCUT2D eigenvalue weighted by Gasteiger charge is 2.24. The number of anilines is 1. The summed E-state index contributed by atoms with van der Waals surface area (Å²) in [7, 11) is 1.58. The first kappa shape index (κ1) is 22.1. The summed E-state index contributed by atoms with van der Waals surface area (Å²) in [4.78, 5) is 35.4. The molecule has 0 bridgehead atoms. The third-order valence-electron chi connectivity index (χ3n) is 4.47. The molecule has 11 heteroatoms. The van der Waals surface area contributed by atoms with Crippen molar-refractivity contribution in [3.8, 4) is 11.5 Å². The molecule has 1 aromatic heterocycles. The van der Waals surface area contributed by atoms with Gasteiger partial charge in [-0.2, -0.15) is 0 Å². The lowest BCUT2D eigenvalue weighted by Gasteiger charge is -2.06. The van der Waals surface area contributed by atoms with Gasteiger partial charge < -0.3 is 14.8 Å². The van der Waals surface area contributed by atoms with Gasteiger partial charge in [0.25, 0.3) is 11.1 Å². The van der Waals surface area contributed by atoms with Crippen molar-refractivity contribution < 1.29 is 23.9 Å². The first-order valence-corrected chi connectivity index (χ1v) is 10.6. The summed E-state index contributed by atoms with van der Waals surface area (Å²) in [5.74, 6) is 0.671. The second-order valence-corrected chi connectivity index (χ2v) is 7.91. The van der Waals surface area contributed by atoms with Gasteiger partial charge in [-0.25, -0.2) is 4.68 Å². The van der Waals surface area contributed by atoms with Gasteiger partial charge in [0.1, 0.15) is 30.3 Å². The molecule has 0 aliphatic carbocycles. The molecule has 10 nitrogen and oxygen atoms in total. The van der Waals surface area contributed by atoms with Crippen molar-refractivity contribution in [1.29, 1.82) is 0 Å². The van der Waals surface area contributed by atoms with Crippen LogP contribution in [0.15, 0.2) is 59.6 Å². The third kappa shape index (κ3) is 5.98. The normalized spacial score (nSPS) is 14.3. The number of rotatable bonds is 8. The SMILES string of the molecule is COc1ccc(NC(=O)Cn2cc(COc3ccc(C=C4SC(=O)NC4=O)cc3)nn2)cc1. The number of imide groups is 1. The fraction of sp³-hybridized carbons (Fsp3) is 0.136. The summed E-state index contributed by atoms with van der Waals surface area (Å²) in [5.41, 5.74) is 1.99. The quantitative estimate of drug-likeness (QED) is 0.487. The molecular formula is C22H19N5O5S. The summed E-state index contributed by atoms with van der Waals surface area (Å²) in [6, 6.07) is 14.1. The molecular weight excluding hydrogens is 446 g/mol. The summed E-state index contributed by atoms with van der Waals surface area (Å²) in [6.07, 6.45) is 3.27. The fourth-order valence-electron chi connectivity index (χ4n) is 2.89. The van der Waals surface area contributed by atoms with Crippen LogP contribution in [0.1, 0.15) is 11.3 Å². The summed E-state index contributed by atoms with van der Waals surface area (Å²) >= 11 is 0.868. The number of ether oxygens (including phenoxy) is 2. The summed E-state index contributed by atoms with van der Waals surface area (Å²) in [5, 5.41) is 12.6. The molecule has 2 heterocycles. The van der Waals surface area contributed by atoms with Crippen LogP contribution in [0.2, 0.25) is 0 Å². The molecule has 0 radical (unpaired) electrons. The number of aromatic nitrogens is 3. The maximum Gasteiger partial charge on any atom is 0.290 e. The van der Waals surface area contributed by atoms with E-state index in [9.17, 15) is 14.4 Å². The number of carbonyl (C=O) groups is 3. The van der Waals surface area contributed by atoms with Crippen molar-refractivity contribution >= 4 is 40.6 Å². The van der Waals surface area contributed by atoms with Crippen LogP contribution in [0.3, 0.4) is 0 Å². The Morgan fingerprint density at radius 3 is 2.52 bits per heavy atom. The summed E-state index contributed by atoms with van der Waals surface area (Å²) in [6.45, 7) is 0.184. The Bertz CT molecular complexity index is 1200. The number of carbonyl (C=O) groups excluding carboxylic acids is 3. The number of nitrogens with zero attached hydrogens (tertiary/aromatic N) is 3. The van der Waals surface area contributed by atoms with E-state index < -0.39 is 5.91 Å². The Morgan fingerprint density at radius 1 is 1.12 bits per heavy atom. The third-order valence-corrected chi connectivity index (χ3v) is 5.28. The molecule has 33 heavy (non-hydrogen) atoms. The van der Waals surface area contributed by atoms with Crippen molar-refractivity contribution in [2.75, 3.05) is 12.4 Å². The van der Waals surface area contributed by atoms with Crippen LogP contribution in [0, 0.1) is 0 Å². The van der Waals surface area contributed by atoms with Crippen molar-refractivity contribution in [3.05, 3.63) is 70.9 Å². The van der Waals surface area contributed by atoms with Crippen molar-refractivity contribution in [2.45, 2.75) is 13.2 Å². The molecule has 3 aromatic rings. The molecule has 1 aliphatic rings. The maximum absolute atomic E-state index is 12.2. The molecule has 0 unspecified atom stereocenters. The zero-order valence-corrected chi connectivity index (χ0v) is 18.3. The largest absolute Gasteiger partial charge is 0.497 e. The predicted octanol–water partition coefficient (Wildman–Crippen LogP) is 2.83. The lowest BCUT2D eigenvalue weighted by molar-refractivity contribution is -0.117. The van der Waals surface area contributed by atoms with E-state index in [1.165, 1.54) is 4.68 Å². The Hall–Kier alpha value is -4.12. The van der Waals surface area contributed by atoms with Gasteiger partial charge in [0, 0.05) is 5.69 Å². The van der Waals surface area contributed by atoms with Gasteiger partial charge in [-0.1, -0.05) is 17.3 Å². The van der Waals surface area contributed by atoms with Crippen LogP contribution >= 0.6 is 11.8 Å². The molecule has 1 aliphatic heterocycles. The number of nitrogens with one attached hydrogen (secondary N) is 2. The number of methoxy groups -OCH3 is 1. The van der Waals surface area contributed by atoms with Crippen molar-refractivity contribution in [2.24, 2.45) is 0 Å². The van der Waals surface area contributed by atoms with E-state index in [1.807, 2.05) is 0 Å². The number of hydrogen-bond donors (Lipinski definition) is 2. The van der Waals surface area contributed by atoms with E-state index in [0.717, 1.165) is 17.3 Å². The molecule has 168 valence electrons. The van der Waals surface area contributed by atoms with Gasteiger partial charge in [0.2, 0.25) is 5.91 Å². The Labute approximate surface area is 192 Å². The van der Waals surface area contributed by atoms with E-state index >= 15 is 0 Å². The zero-order chi connectivity index (χ0) is 23.2. The Kier molecular flexibility index (Phi) is 6.69. The highest BCUT2D eigenvalue weighted by molar-refractivity contribution is 8.18. The molecule has 1 fully saturated rings.